The van der Waals surface area contributed by atoms with Gasteiger partial charge in [0, 0.05) is 170 Å². The Morgan fingerprint density at radius 2 is 0.677 bits per heavy atom. The first-order valence-electron chi connectivity index (χ1n) is 45.0. The highest BCUT2D eigenvalue weighted by Crippen LogP contribution is 2.32. The first-order valence-corrected chi connectivity index (χ1v) is 45.0. The molecule has 0 saturated carbocycles. The maximum absolute atomic E-state index is 12.9. The number of morpholine rings is 1. The third-order valence-electron chi connectivity index (χ3n) is 25.4. The van der Waals surface area contributed by atoms with Gasteiger partial charge in [0.1, 0.15) is 22.3 Å². The summed E-state index contributed by atoms with van der Waals surface area (Å²) in [5, 5.41) is 14.1. The van der Waals surface area contributed by atoms with Crippen LogP contribution in [0.1, 0.15) is 144 Å². The van der Waals surface area contributed by atoms with Crippen molar-refractivity contribution in [3.63, 3.8) is 0 Å². The average Bonchev–Trinajstić information content (AvgIpc) is 0.975. The van der Waals surface area contributed by atoms with Crippen LogP contribution in [-0.2, 0) is 62.6 Å². The number of amides is 4. The monoisotopic (exact) mass is 1760 g/mol. The van der Waals surface area contributed by atoms with Gasteiger partial charge in [-0.05, 0) is 222 Å². The van der Waals surface area contributed by atoms with Crippen molar-refractivity contribution in [2.45, 2.75) is 116 Å². The highest BCUT2D eigenvalue weighted by molar-refractivity contribution is 5.99. The Balaban J connectivity index is 0.000000121. The fourth-order valence-corrected chi connectivity index (χ4v) is 18.2. The minimum atomic E-state index is -0.770. The van der Waals surface area contributed by atoms with E-state index in [-0.39, 0.29) is 43.8 Å². The van der Waals surface area contributed by atoms with Crippen LogP contribution in [0.3, 0.4) is 0 Å². The van der Waals surface area contributed by atoms with Crippen molar-refractivity contribution in [3.05, 3.63) is 249 Å². The Morgan fingerprint density at radius 1 is 0.362 bits per heavy atom. The number of nitrogens with zero attached hydrogens (tertiary/aromatic N) is 18. The van der Waals surface area contributed by atoms with Crippen LogP contribution in [0.2, 0.25) is 0 Å². The predicted molar refractivity (Wildman–Crippen MR) is 500 cm³/mol. The summed E-state index contributed by atoms with van der Waals surface area (Å²) in [5.74, 6) is -1.25. The number of carbonyl (C=O) groups is 4. The molecule has 0 spiro atoms. The molecule has 7 aliphatic rings. The van der Waals surface area contributed by atoms with E-state index in [2.05, 4.69) is 141 Å². The normalized spacial score (nSPS) is 15.5. The largest absolute Gasteiger partial charge is 0.379 e. The first-order chi connectivity index (χ1) is 63.3. The molecule has 0 bridgehead atoms. The van der Waals surface area contributed by atoms with Gasteiger partial charge >= 0.3 is 0 Å². The van der Waals surface area contributed by atoms with Crippen LogP contribution >= 0.6 is 0 Å². The molecule has 3 aliphatic heterocycles. The van der Waals surface area contributed by atoms with Crippen LogP contribution in [-0.4, -0.2) is 229 Å². The Hall–Kier alpha value is -13.9. The molecule has 35 nitrogen and oxygen atoms in total. The van der Waals surface area contributed by atoms with Gasteiger partial charge in [-0.3, -0.25) is 43.3 Å². The van der Waals surface area contributed by atoms with Gasteiger partial charge in [0.2, 0.25) is 45.5 Å². The third-order valence-corrected chi connectivity index (χ3v) is 25.4. The molecule has 672 valence electrons. The summed E-state index contributed by atoms with van der Waals surface area (Å²) in [6, 6.07) is 24.8. The molecule has 3 fully saturated rings. The minimum Gasteiger partial charge on any atom is -0.379 e. The average molecular weight is 1760 g/mol. The number of carbonyl (C=O) groups excluding carboxylic acids is 4. The van der Waals surface area contributed by atoms with Crippen LogP contribution in [0.15, 0.2) is 160 Å². The van der Waals surface area contributed by atoms with Crippen LogP contribution in [0.5, 0.6) is 0 Å². The maximum Gasteiger partial charge on any atom is 0.254 e. The number of rotatable bonds is 26. The summed E-state index contributed by atoms with van der Waals surface area (Å²) in [4.78, 5) is 149. The molecule has 0 unspecified atom stereocenters. The lowest BCUT2D eigenvalue weighted by Gasteiger charge is -2.32. The van der Waals surface area contributed by atoms with E-state index in [1.807, 2.05) is 35.0 Å². The Labute approximate surface area is 748 Å². The number of nitrogens with one attached hydrogen (secondary N) is 4. The van der Waals surface area contributed by atoms with Crippen molar-refractivity contribution >= 4 is 91.6 Å². The molecule has 4 amide bonds. The van der Waals surface area contributed by atoms with E-state index in [0.29, 0.717) is 59.5 Å². The fraction of sp³-hybridized carbons (Fsp3) is 0.379. The number of ether oxygens (including phenoxy) is 1. The molecule has 4 aliphatic carbocycles. The molecular formula is C95H108N26O9. The number of benzene rings is 4. The van der Waals surface area contributed by atoms with Crippen molar-refractivity contribution in [1.82, 2.24) is 87.3 Å². The number of pyridine rings is 4. The Kier molecular flexibility index (Phi) is 27.3. The lowest BCUT2D eigenvalue weighted by Crippen LogP contribution is -2.44. The zero-order valence-corrected chi connectivity index (χ0v) is 73.1. The predicted octanol–water partition coefficient (Wildman–Crippen LogP) is 6.86. The number of aromatic nitrogens is 14. The van der Waals surface area contributed by atoms with E-state index >= 15 is 0 Å². The second-order valence-electron chi connectivity index (χ2n) is 34.1. The quantitative estimate of drug-likeness (QED) is 0.0256. The summed E-state index contributed by atoms with van der Waals surface area (Å²) in [6.45, 7) is 16.4. The second-order valence-corrected chi connectivity index (χ2v) is 34.1. The standard InChI is InChI=1S/C25H31N7O2.C24H28N6O2.C23H23N7O2.C23H26N6O3/c1-30-10-12-31(13-11-30)9-3-8-27-25-28-15-20-22(33)21(23(26)34)16-32(24(20)29-25)19-7-6-17-4-2-5-18(17)14-19;25-22(32)20-15-30(18-8-7-16-5-4-6-17(16)13-18)23-19(21(20)31)14-27-24(28-23)26-9-12-29-10-2-1-3-11-29;24-21(32)19-13-30(17-6-5-15-3-1-4-16(15)11-17)22-18(20(19)31)12-27-23(28-22)26-7-2-9-29-10-8-25-14-29;24-21(31)19-14-29(17-5-4-15-2-1-3-16(15)12-17)22-18(20(19)30)13-26-23(27-22)25-6-7-28-8-10-32-11-9-28/h6-7,14-16H,2-5,8-13H2,1H3,(H2,26,34)(H,27,28,29);7-8,13-15H,1-6,9-12H2,(H2,25,32)(H,26,27,28);5-6,8,10-14H,1-4,7,9H2,(H2,24,32)(H,26,27,28);4-5,12-14H,1-3,6-11H2,(H2,24,31)(H,25,26,27). The summed E-state index contributed by atoms with van der Waals surface area (Å²) in [7, 11) is 2.16. The Bertz CT molecular complexity index is 6500. The number of nitrogens with two attached hydrogens (primary N) is 4. The minimum absolute atomic E-state index is 0.0626. The van der Waals surface area contributed by atoms with Crippen LogP contribution in [0.4, 0.5) is 23.8 Å². The van der Waals surface area contributed by atoms with Crippen molar-refractivity contribution in [2.24, 2.45) is 22.9 Å². The number of imidazole rings is 1. The number of piperidine rings is 1. The number of primary amides is 4. The van der Waals surface area contributed by atoms with E-state index in [1.165, 1.54) is 113 Å². The Morgan fingerprint density at radius 3 is 1.01 bits per heavy atom. The molecule has 12 heterocycles. The third kappa shape index (κ3) is 20.2. The van der Waals surface area contributed by atoms with Crippen LogP contribution < -0.4 is 65.9 Å². The lowest BCUT2D eigenvalue weighted by molar-refractivity contribution is 0.0398. The van der Waals surface area contributed by atoms with Gasteiger partial charge in [0.15, 0.2) is 22.6 Å². The van der Waals surface area contributed by atoms with Gasteiger partial charge in [-0.15, -0.1) is 0 Å². The van der Waals surface area contributed by atoms with Gasteiger partial charge in [0.25, 0.3) is 23.6 Å². The van der Waals surface area contributed by atoms with E-state index in [4.69, 9.17) is 27.7 Å². The zero-order valence-electron chi connectivity index (χ0n) is 73.1. The molecule has 9 aromatic heterocycles. The van der Waals surface area contributed by atoms with Crippen LogP contribution in [0.25, 0.3) is 66.9 Å². The fourth-order valence-electron chi connectivity index (χ4n) is 18.2. The van der Waals surface area contributed by atoms with Crippen molar-refractivity contribution < 1.29 is 23.9 Å². The van der Waals surface area contributed by atoms with E-state index in [9.17, 15) is 38.4 Å². The van der Waals surface area contributed by atoms with Gasteiger partial charge < -0.3 is 86.5 Å². The van der Waals surface area contributed by atoms with Gasteiger partial charge in [0.05, 0.1) is 41.1 Å². The molecule has 20 rings (SSSR count). The topological polar surface area (TPSA) is 452 Å². The number of hydrogen-bond acceptors (Lipinski definition) is 26. The summed E-state index contributed by atoms with van der Waals surface area (Å²) >= 11 is 0. The number of aryl methyl sites for hydroxylation is 9. The number of fused-ring (bicyclic) bond motifs is 8. The molecule has 35 heteroatoms. The highest BCUT2D eigenvalue weighted by atomic mass is 16.5. The molecule has 0 radical (unpaired) electrons. The lowest BCUT2D eigenvalue weighted by atomic mass is 10.1. The molecule has 130 heavy (non-hydrogen) atoms. The maximum atomic E-state index is 12.9. The van der Waals surface area contributed by atoms with E-state index < -0.39 is 45.3 Å². The van der Waals surface area contributed by atoms with Gasteiger partial charge in [-0.25, -0.2) is 24.9 Å². The molecule has 13 aromatic rings. The van der Waals surface area contributed by atoms with Gasteiger partial charge in [-0.1, -0.05) is 30.7 Å². The number of piperazine rings is 1. The smallest absolute Gasteiger partial charge is 0.254 e. The molecule has 4 aromatic carbocycles. The van der Waals surface area contributed by atoms with Crippen LogP contribution in [0, 0.1) is 0 Å². The molecule has 3 saturated heterocycles. The van der Waals surface area contributed by atoms with Crippen molar-refractivity contribution in [1.29, 1.82) is 0 Å². The number of likely N-dealkylation sites (N-methyl/N-ethyl adjacent to an activating group) is 1. The van der Waals surface area contributed by atoms with E-state index in [1.54, 1.807) is 30.8 Å². The summed E-state index contributed by atoms with van der Waals surface area (Å²) in [5.41, 5.74) is 35.6. The van der Waals surface area contributed by atoms with Crippen molar-refractivity contribution in [3.8, 4) is 22.7 Å². The number of likely N-dealkylation sites (tertiary alicyclic amines) is 1. The number of anilines is 4. The molecular weight excluding hydrogens is 1650 g/mol. The molecule has 0 atom stereocenters. The number of hydrogen-bond donors (Lipinski definition) is 8. The second kappa shape index (κ2) is 40.2. The first kappa shape index (κ1) is 88.2. The zero-order chi connectivity index (χ0) is 89.9. The SMILES string of the molecule is CN1CCN(CCCNc2ncc3c(=O)c(C(N)=O)cn(-c4ccc5c(c4)CCC5)c3n2)CC1.NC(=O)c1cn(-c2ccc3c(c2)CCC3)c2nc(NCCCn3ccnc3)ncc2c1=O.NC(=O)c1cn(-c2ccc3c(c2)CCC3)c2nc(NCCN3CCCCC3)ncc2c1=O.NC(=O)c1cn(-c2ccc3c(c2)CCC3)c2nc(NCCN3CCOCC3)ncc2c1=O. The van der Waals surface area contributed by atoms with Crippen molar-refractivity contribution in [2.75, 3.05) is 140 Å². The van der Waals surface area contributed by atoms with Gasteiger partial charge in [-0.2, -0.15) is 19.9 Å². The molecule has 12 N–H and O–H groups in total. The summed E-state index contributed by atoms with van der Waals surface area (Å²) in [6.07, 6.45) is 35.9. The highest BCUT2D eigenvalue weighted by Gasteiger charge is 2.26. The summed E-state index contributed by atoms with van der Waals surface area (Å²) < 4.78 is 14.5. The van der Waals surface area contributed by atoms with E-state index in [0.717, 1.165) is 217 Å².